The van der Waals surface area contributed by atoms with Crippen molar-refractivity contribution in [2.45, 2.75) is 31.0 Å². The molecule has 1 aliphatic rings. The van der Waals surface area contributed by atoms with Crippen molar-refractivity contribution in [2.75, 3.05) is 6.16 Å². The molecule has 8 heteroatoms. The monoisotopic (exact) mass is 254 g/mol. The van der Waals surface area contributed by atoms with Crippen LogP contribution in [-0.2, 0) is 9.36 Å². The standard InChI is InChI=1S/C8H15O7P/c9-6-1-5(4-16(13,14)15)2-8(12,3-6)7(10)11/h5-6,9,12H,1-4H2,(H,10,11)(H2,13,14,15)/t5-,6+,8+/m1/s1. The van der Waals surface area contributed by atoms with Crippen molar-refractivity contribution in [1.29, 1.82) is 0 Å². The summed E-state index contributed by atoms with van der Waals surface area (Å²) in [6.07, 6.45) is -2.02. The van der Waals surface area contributed by atoms with Gasteiger partial charge in [-0.3, -0.25) is 4.57 Å². The summed E-state index contributed by atoms with van der Waals surface area (Å²) in [5.41, 5.74) is -2.09. The summed E-state index contributed by atoms with van der Waals surface area (Å²) in [5.74, 6) is -2.16. The Morgan fingerprint density at radius 1 is 1.38 bits per heavy atom. The molecule has 3 atom stereocenters. The van der Waals surface area contributed by atoms with Crippen molar-refractivity contribution in [1.82, 2.24) is 0 Å². The molecule has 0 saturated heterocycles. The number of aliphatic hydroxyl groups excluding tert-OH is 1. The molecule has 0 heterocycles. The second-order valence-corrected chi connectivity index (χ2v) is 6.04. The van der Waals surface area contributed by atoms with E-state index in [0.717, 1.165) is 0 Å². The fraction of sp³-hybridized carbons (Fsp3) is 0.875. The lowest BCUT2D eigenvalue weighted by molar-refractivity contribution is -0.168. The van der Waals surface area contributed by atoms with Crippen LogP contribution in [0.2, 0.25) is 0 Å². The van der Waals surface area contributed by atoms with Gasteiger partial charge >= 0.3 is 13.6 Å². The zero-order valence-electron chi connectivity index (χ0n) is 8.48. The Morgan fingerprint density at radius 3 is 2.38 bits per heavy atom. The number of aliphatic hydroxyl groups is 2. The summed E-state index contributed by atoms with van der Waals surface area (Å²) in [5, 5.41) is 27.8. The number of hydrogen-bond donors (Lipinski definition) is 5. The zero-order valence-corrected chi connectivity index (χ0v) is 9.38. The van der Waals surface area contributed by atoms with E-state index >= 15 is 0 Å². The van der Waals surface area contributed by atoms with Gasteiger partial charge in [0.2, 0.25) is 0 Å². The summed E-state index contributed by atoms with van der Waals surface area (Å²) in [7, 11) is -4.26. The Hall–Kier alpha value is -0.460. The lowest BCUT2D eigenvalue weighted by Gasteiger charge is -2.36. The van der Waals surface area contributed by atoms with Gasteiger partial charge in [0.25, 0.3) is 0 Å². The molecule has 0 bridgehead atoms. The quantitative estimate of drug-likeness (QED) is 0.413. The van der Waals surface area contributed by atoms with Gasteiger partial charge in [-0.05, 0) is 18.8 Å². The summed E-state index contributed by atoms with van der Waals surface area (Å²) in [4.78, 5) is 28.3. The van der Waals surface area contributed by atoms with Crippen molar-refractivity contribution in [3.63, 3.8) is 0 Å². The van der Waals surface area contributed by atoms with E-state index in [4.69, 9.17) is 14.9 Å². The first kappa shape index (κ1) is 13.6. The summed E-state index contributed by atoms with van der Waals surface area (Å²) in [6.45, 7) is 0. The normalized spacial score (nSPS) is 36.0. The maximum atomic E-state index is 10.8. The molecule has 0 amide bonds. The molecule has 0 spiro atoms. The van der Waals surface area contributed by atoms with E-state index < -0.39 is 37.3 Å². The highest BCUT2D eigenvalue weighted by molar-refractivity contribution is 7.51. The Labute approximate surface area is 91.9 Å². The van der Waals surface area contributed by atoms with Gasteiger partial charge in [-0.1, -0.05) is 0 Å². The molecule has 5 N–H and O–H groups in total. The van der Waals surface area contributed by atoms with Crippen LogP contribution in [0.3, 0.4) is 0 Å². The molecule has 1 aliphatic carbocycles. The van der Waals surface area contributed by atoms with Crippen LogP contribution in [0.5, 0.6) is 0 Å². The van der Waals surface area contributed by atoms with Crippen LogP contribution in [0.15, 0.2) is 0 Å². The van der Waals surface area contributed by atoms with E-state index in [2.05, 4.69) is 0 Å². The Morgan fingerprint density at radius 2 is 1.94 bits per heavy atom. The lowest BCUT2D eigenvalue weighted by Crippen LogP contribution is -2.48. The second-order valence-electron chi connectivity index (χ2n) is 4.35. The van der Waals surface area contributed by atoms with Gasteiger partial charge in [0.1, 0.15) is 0 Å². The maximum Gasteiger partial charge on any atom is 0.335 e. The predicted molar refractivity (Wildman–Crippen MR) is 52.8 cm³/mol. The maximum absolute atomic E-state index is 10.8. The van der Waals surface area contributed by atoms with Crippen molar-refractivity contribution in [2.24, 2.45) is 5.92 Å². The van der Waals surface area contributed by atoms with E-state index in [9.17, 15) is 19.6 Å². The molecule has 0 unspecified atom stereocenters. The van der Waals surface area contributed by atoms with Crippen molar-refractivity contribution in [3.8, 4) is 0 Å². The Kier molecular flexibility index (Phi) is 3.76. The van der Waals surface area contributed by atoms with Crippen LogP contribution in [0.1, 0.15) is 19.3 Å². The third kappa shape index (κ3) is 3.54. The van der Waals surface area contributed by atoms with Gasteiger partial charge in [0.15, 0.2) is 5.60 Å². The first-order valence-electron chi connectivity index (χ1n) is 4.81. The fourth-order valence-electron chi connectivity index (χ4n) is 2.15. The molecule has 0 aromatic carbocycles. The molecule has 16 heavy (non-hydrogen) atoms. The van der Waals surface area contributed by atoms with E-state index in [0.29, 0.717) is 0 Å². The van der Waals surface area contributed by atoms with Crippen LogP contribution in [0.4, 0.5) is 0 Å². The Bertz CT molecular complexity index is 324. The number of carbonyl (C=O) groups is 1. The third-order valence-corrected chi connectivity index (χ3v) is 3.69. The number of rotatable bonds is 3. The molecule has 0 aromatic heterocycles. The van der Waals surface area contributed by atoms with Crippen LogP contribution in [-0.4, -0.2) is 48.9 Å². The number of aliphatic carboxylic acids is 1. The van der Waals surface area contributed by atoms with Crippen LogP contribution < -0.4 is 0 Å². The van der Waals surface area contributed by atoms with Crippen LogP contribution in [0, 0.1) is 5.92 Å². The van der Waals surface area contributed by atoms with Gasteiger partial charge in [0, 0.05) is 6.42 Å². The highest BCUT2D eigenvalue weighted by Gasteiger charge is 2.45. The van der Waals surface area contributed by atoms with E-state index in [1.807, 2.05) is 0 Å². The molecule has 1 fully saturated rings. The average molecular weight is 254 g/mol. The summed E-state index contributed by atoms with van der Waals surface area (Å²) in [6, 6.07) is 0. The van der Waals surface area contributed by atoms with E-state index in [1.54, 1.807) is 0 Å². The van der Waals surface area contributed by atoms with Crippen LogP contribution >= 0.6 is 7.60 Å². The van der Waals surface area contributed by atoms with Gasteiger partial charge in [-0.25, -0.2) is 4.79 Å². The van der Waals surface area contributed by atoms with Crippen molar-refractivity contribution < 1.29 is 34.5 Å². The summed E-state index contributed by atoms with van der Waals surface area (Å²) < 4.78 is 10.8. The fourth-order valence-corrected chi connectivity index (χ4v) is 3.10. The molecule has 0 aromatic rings. The molecule has 0 aliphatic heterocycles. The highest BCUT2D eigenvalue weighted by Crippen LogP contribution is 2.43. The second kappa shape index (κ2) is 4.43. The summed E-state index contributed by atoms with van der Waals surface area (Å²) >= 11 is 0. The predicted octanol–water partition coefficient (Wildman–Crippen LogP) is -0.859. The number of hydrogen-bond acceptors (Lipinski definition) is 4. The minimum atomic E-state index is -4.26. The Balaban J connectivity index is 2.76. The third-order valence-electron chi connectivity index (χ3n) is 2.70. The highest BCUT2D eigenvalue weighted by atomic mass is 31.2. The molecule has 7 nitrogen and oxygen atoms in total. The van der Waals surface area contributed by atoms with E-state index in [1.165, 1.54) is 0 Å². The minimum Gasteiger partial charge on any atom is -0.479 e. The lowest BCUT2D eigenvalue weighted by atomic mass is 9.77. The molecule has 1 rings (SSSR count). The van der Waals surface area contributed by atoms with Crippen molar-refractivity contribution >= 4 is 13.6 Å². The molecular formula is C8H15O7P. The number of carboxylic acid groups (broad SMARTS) is 1. The molecular weight excluding hydrogens is 239 g/mol. The number of carboxylic acids is 1. The van der Waals surface area contributed by atoms with E-state index in [-0.39, 0.29) is 19.3 Å². The van der Waals surface area contributed by atoms with Gasteiger partial charge in [-0.15, -0.1) is 0 Å². The van der Waals surface area contributed by atoms with Crippen LogP contribution in [0.25, 0.3) is 0 Å². The smallest absolute Gasteiger partial charge is 0.335 e. The molecule has 94 valence electrons. The zero-order chi connectivity index (χ0) is 12.6. The molecule has 0 radical (unpaired) electrons. The average Bonchev–Trinajstić information content (AvgIpc) is 1.97. The van der Waals surface area contributed by atoms with Crippen molar-refractivity contribution in [3.05, 3.63) is 0 Å². The largest absolute Gasteiger partial charge is 0.479 e. The first-order valence-corrected chi connectivity index (χ1v) is 6.60. The minimum absolute atomic E-state index is 0.0979. The van der Waals surface area contributed by atoms with Gasteiger partial charge in [-0.2, -0.15) is 0 Å². The molecule has 1 saturated carbocycles. The SMILES string of the molecule is O=C(O)[C@@]1(O)C[C@@H](O)C[C@@H](CP(=O)(O)O)C1. The first-order chi connectivity index (χ1) is 7.12. The van der Waals surface area contributed by atoms with Gasteiger partial charge < -0.3 is 25.1 Å². The van der Waals surface area contributed by atoms with Gasteiger partial charge in [0.05, 0.1) is 12.3 Å². The topological polar surface area (TPSA) is 135 Å².